The van der Waals surface area contributed by atoms with Crippen LogP contribution in [0.25, 0.3) is 17.4 Å². The molecule has 3 aromatic rings. The number of furan rings is 1. The fraction of sp³-hybridized carbons (Fsp3) is 0.0526. The lowest BCUT2D eigenvalue weighted by Gasteiger charge is -2.01. The SMILES string of the molecule is N#C/C(=C\c1ccc(-c2ccc(Cl)cc2)o1)C(=O)NCc1cccs1. The normalized spacial score (nSPS) is 11.1. The smallest absolute Gasteiger partial charge is 0.262 e. The lowest BCUT2D eigenvalue weighted by molar-refractivity contribution is -0.117. The van der Waals surface area contributed by atoms with Crippen molar-refractivity contribution in [3.05, 3.63) is 75.1 Å². The van der Waals surface area contributed by atoms with Gasteiger partial charge < -0.3 is 9.73 Å². The van der Waals surface area contributed by atoms with Crippen molar-refractivity contribution in [3.63, 3.8) is 0 Å². The highest BCUT2D eigenvalue weighted by atomic mass is 35.5. The van der Waals surface area contributed by atoms with Gasteiger partial charge in [-0.2, -0.15) is 5.26 Å². The van der Waals surface area contributed by atoms with Crippen molar-refractivity contribution in [3.8, 4) is 17.4 Å². The number of halogens is 1. The van der Waals surface area contributed by atoms with Crippen LogP contribution < -0.4 is 5.32 Å². The van der Waals surface area contributed by atoms with Crippen LogP contribution in [0.15, 0.2) is 63.9 Å². The van der Waals surface area contributed by atoms with E-state index in [4.69, 9.17) is 16.0 Å². The number of nitriles is 1. The number of carbonyl (C=O) groups excluding carboxylic acids is 1. The lowest BCUT2D eigenvalue weighted by atomic mass is 10.2. The molecule has 25 heavy (non-hydrogen) atoms. The van der Waals surface area contributed by atoms with Crippen molar-refractivity contribution in [2.75, 3.05) is 0 Å². The molecule has 3 rings (SSSR count). The summed E-state index contributed by atoms with van der Waals surface area (Å²) in [7, 11) is 0. The molecule has 2 aromatic heterocycles. The summed E-state index contributed by atoms with van der Waals surface area (Å²) >= 11 is 7.42. The first-order chi connectivity index (χ1) is 12.2. The summed E-state index contributed by atoms with van der Waals surface area (Å²) in [5.74, 6) is 0.646. The number of nitrogens with zero attached hydrogens (tertiary/aromatic N) is 1. The number of thiophene rings is 1. The van der Waals surface area contributed by atoms with Gasteiger partial charge in [0.1, 0.15) is 23.2 Å². The van der Waals surface area contributed by atoms with Gasteiger partial charge in [-0.25, -0.2) is 0 Å². The fourth-order valence-corrected chi connectivity index (χ4v) is 2.94. The molecule has 0 radical (unpaired) electrons. The molecule has 0 atom stereocenters. The zero-order valence-electron chi connectivity index (χ0n) is 13.0. The Hall–Kier alpha value is -2.81. The summed E-state index contributed by atoms with van der Waals surface area (Å²) in [6, 6.07) is 16.5. The monoisotopic (exact) mass is 368 g/mol. The number of hydrogen-bond donors (Lipinski definition) is 1. The molecule has 124 valence electrons. The van der Waals surface area contributed by atoms with E-state index in [1.165, 1.54) is 6.08 Å². The highest BCUT2D eigenvalue weighted by Crippen LogP contribution is 2.24. The molecular weight excluding hydrogens is 356 g/mol. The minimum Gasteiger partial charge on any atom is -0.457 e. The largest absolute Gasteiger partial charge is 0.457 e. The van der Waals surface area contributed by atoms with Crippen LogP contribution in [-0.4, -0.2) is 5.91 Å². The molecule has 1 N–H and O–H groups in total. The molecule has 0 aliphatic rings. The Balaban J connectivity index is 1.72. The van der Waals surface area contributed by atoms with E-state index in [0.717, 1.165) is 10.4 Å². The Kier molecular flexibility index (Phi) is 5.34. The van der Waals surface area contributed by atoms with Crippen LogP contribution in [0.4, 0.5) is 0 Å². The van der Waals surface area contributed by atoms with Crippen LogP contribution in [0, 0.1) is 11.3 Å². The molecule has 0 saturated heterocycles. The quantitative estimate of drug-likeness (QED) is 0.515. The van der Waals surface area contributed by atoms with Gasteiger partial charge >= 0.3 is 0 Å². The van der Waals surface area contributed by atoms with Crippen LogP contribution in [-0.2, 0) is 11.3 Å². The van der Waals surface area contributed by atoms with Crippen molar-refractivity contribution in [2.45, 2.75) is 6.54 Å². The Labute approximate surface area is 154 Å². The summed E-state index contributed by atoms with van der Waals surface area (Å²) < 4.78 is 5.69. The Morgan fingerprint density at radius 3 is 2.72 bits per heavy atom. The molecule has 0 saturated carbocycles. The third-order valence-corrected chi connectivity index (χ3v) is 4.54. The van der Waals surface area contributed by atoms with Crippen LogP contribution in [0.2, 0.25) is 5.02 Å². The molecule has 0 fully saturated rings. The highest BCUT2D eigenvalue weighted by Gasteiger charge is 2.11. The standard InChI is InChI=1S/C19H13ClN2O2S/c20-15-5-3-13(4-6-15)18-8-7-16(24-18)10-14(11-21)19(23)22-12-17-2-1-9-25-17/h1-10H,12H2,(H,22,23)/b14-10+. The van der Waals surface area contributed by atoms with E-state index >= 15 is 0 Å². The number of nitrogens with one attached hydrogen (secondary N) is 1. The van der Waals surface area contributed by atoms with E-state index in [2.05, 4.69) is 5.32 Å². The Bertz CT molecular complexity index is 935. The molecule has 0 spiro atoms. The van der Waals surface area contributed by atoms with Gasteiger partial charge in [-0.1, -0.05) is 17.7 Å². The summed E-state index contributed by atoms with van der Waals surface area (Å²) in [4.78, 5) is 13.2. The highest BCUT2D eigenvalue weighted by molar-refractivity contribution is 7.09. The van der Waals surface area contributed by atoms with Crippen LogP contribution >= 0.6 is 22.9 Å². The molecular formula is C19H13ClN2O2S. The van der Waals surface area contributed by atoms with E-state index in [1.54, 1.807) is 35.6 Å². The first-order valence-corrected chi connectivity index (χ1v) is 8.69. The first kappa shape index (κ1) is 17.0. The second-order valence-electron chi connectivity index (χ2n) is 5.14. The summed E-state index contributed by atoms with van der Waals surface area (Å²) in [6.07, 6.45) is 1.43. The summed E-state index contributed by atoms with van der Waals surface area (Å²) in [5, 5.41) is 14.5. The van der Waals surface area contributed by atoms with E-state index in [1.807, 2.05) is 35.7 Å². The minimum absolute atomic E-state index is 0.00596. The van der Waals surface area contributed by atoms with E-state index in [0.29, 0.717) is 23.1 Å². The van der Waals surface area contributed by atoms with Crippen molar-refractivity contribution >= 4 is 34.9 Å². The van der Waals surface area contributed by atoms with E-state index in [-0.39, 0.29) is 5.57 Å². The van der Waals surface area contributed by atoms with E-state index < -0.39 is 5.91 Å². The topological polar surface area (TPSA) is 66.0 Å². The lowest BCUT2D eigenvalue weighted by Crippen LogP contribution is -2.23. The molecule has 4 nitrogen and oxygen atoms in total. The summed E-state index contributed by atoms with van der Waals surface area (Å²) in [6.45, 7) is 0.393. The van der Waals surface area contributed by atoms with Gasteiger partial charge in [0.2, 0.25) is 0 Å². The van der Waals surface area contributed by atoms with E-state index in [9.17, 15) is 10.1 Å². The minimum atomic E-state index is -0.430. The van der Waals surface area contributed by atoms with Gasteiger partial charge in [0.25, 0.3) is 5.91 Å². The molecule has 6 heteroatoms. The second kappa shape index (κ2) is 7.84. The maximum atomic E-state index is 12.1. The third-order valence-electron chi connectivity index (χ3n) is 3.41. The molecule has 2 heterocycles. The Morgan fingerprint density at radius 2 is 2.04 bits per heavy atom. The number of rotatable bonds is 5. The van der Waals surface area contributed by atoms with Gasteiger partial charge in [0, 0.05) is 21.5 Å². The predicted octanol–water partition coefficient (Wildman–Crippen LogP) is 4.88. The molecule has 0 bridgehead atoms. The fourth-order valence-electron chi connectivity index (χ4n) is 2.17. The predicted molar refractivity (Wildman–Crippen MR) is 98.9 cm³/mol. The molecule has 0 aliphatic carbocycles. The van der Waals surface area contributed by atoms with Crippen molar-refractivity contribution in [2.24, 2.45) is 0 Å². The van der Waals surface area contributed by atoms with Crippen LogP contribution in [0.1, 0.15) is 10.6 Å². The average molecular weight is 369 g/mol. The molecule has 0 unspecified atom stereocenters. The van der Waals surface area contributed by atoms with Gasteiger partial charge in [-0.15, -0.1) is 11.3 Å². The van der Waals surface area contributed by atoms with Crippen molar-refractivity contribution < 1.29 is 9.21 Å². The number of carbonyl (C=O) groups is 1. The third kappa shape index (κ3) is 4.38. The van der Waals surface area contributed by atoms with Gasteiger partial charge in [-0.05, 0) is 47.8 Å². The molecule has 1 amide bonds. The second-order valence-corrected chi connectivity index (χ2v) is 6.61. The van der Waals surface area contributed by atoms with Gasteiger partial charge in [0.15, 0.2) is 0 Å². The van der Waals surface area contributed by atoms with Crippen molar-refractivity contribution in [1.29, 1.82) is 5.26 Å². The van der Waals surface area contributed by atoms with Crippen molar-refractivity contribution in [1.82, 2.24) is 5.32 Å². The van der Waals surface area contributed by atoms with Gasteiger partial charge in [0.05, 0.1) is 6.54 Å². The van der Waals surface area contributed by atoms with Crippen LogP contribution in [0.5, 0.6) is 0 Å². The molecule has 1 aromatic carbocycles. The average Bonchev–Trinajstić information content (AvgIpc) is 3.30. The van der Waals surface area contributed by atoms with Crippen LogP contribution in [0.3, 0.4) is 0 Å². The molecule has 0 aliphatic heterocycles. The maximum absolute atomic E-state index is 12.1. The number of amides is 1. The number of hydrogen-bond acceptors (Lipinski definition) is 4. The van der Waals surface area contributed by atoms with Gasteiger partial charge in [-0.3, -0.25) is 4.79 Å². The number of benzene rings is 1. The maximum Gasteiger partial charge on any atom is 0.262 e. The zero-order valence-corrected chi connectivity index (χ0v) is 14.6. The first-order valence-electron chi connectivity index (χ1n) is 7.44. The summed E-state index contributed by atoms with van der Waals surface area (Å²) in [5.41, 5.74) is 0.860. The zero-order chi connectivity index (χ0) is 17.6. The Morgan fingerprint density at radius 1 is 1.24 bits per heavy atom.